The molecule has 0 saturated heterocycles. The van der Waals surface area contributed by atoms with Gasteiger partial charge in [-0.15, -0.1) is 0 Å². The number of thioether (sulfide) groups is 1. The second-order valence-electron chi connectivity index (χ2n) is 9.43. The number of ether oxygens (including phenoxy) is 1. The zero-order valence-electron chi connectivity index (χ0n) is 19.0. The maximum absolute atomic E-state index is 12.9. The average molecular weight is 432 g/mol. The SMILES string of the molecule is CCOC(=O)CCN1C=CS/C(=C\c2cc(C(C)(C)C)c(O)c(C(C)(C)C)c2)C1=O. The summed E-state index contributed by atoms with van der Waals surface area (Å²) in [5.41, 5.74) is 2.09. The molecule has 0 spiro atoms. The Morgan fingerprint density at radius 2 is 1.70 bits per heavy atom. The molecular weight excluding hydrogens is 398 g/mol. The van der Waals surface area contributed by atoms with Crippen molar-refractivity contribution in [2.45, 2.75) is 65.7 Å². The fourth-order valence-electron chi connectivity index (χ4n) is 3.19. The minimum atomic E-state index is -0.314. The molecule has 1 aromatic rings. The Morgan fingerprint density at radius 1 is 1.13 bits per heavy atom. The molecule has 30 heavy (non-hydrogen) atoms. The van der Waals surface area contributed by atoms with Crippen molar-refractivity contribution in [2.75, 3.05) is 13.2 Å². The molecule has 6 heteroatoms. The minimum Gasteiger partial charge on any atom is -0.507 e. The Morgan fingerprint density at radius 3 is 2.20 bits per heavy atom. The molecular formula is C24H33NO4S. The fourth-order valence-corrected chi connectivity index (χ4v) is 3.97. The topological polar surface area (TPSA) is 66.8 Å². The van der Waals surface area contributed by atoms with E-state index < -0.39 is 0 Å². The zero-order chi connectivity index (χ0) is 22.7. The number of carbonyl (C=O) groups excluding carboxylic acids is 2. The van der Waals surface area contributed by atoms with Gasteiger partial charge in [0.05, 0.1) is 17.9 Å². The third-order valence-electron chi connectivity index (χ3n) is 4.82. The van der Waals surface area contributed by atoms with Crippen LogP contribution in [0, 0.1) is 0 Å². The molecule has 0 radical (unpaired) electrons. The molecule has 5 nitrogen and oxygen atoms in total. The third kappa shape index (κ3) is 5.91. The van der Waals surface area contributed by atoms with Crippen LogP contribution in [-0.4, -0.2) is 35.0 Å². The van der Waals surface area contributed by atoms with Crippen molar-refractivity contribution in [1.82, 2.24) is 4.90 Å². The van der Waals surface area contributed by atoms with Crippen LogP contribution in [0.25, 0.3) is 6.08 Å². The second kappa shape index (κ2) is 9.29. The van der Waals surface area contributed by atoms with Gasteiger partial charge in [-0.25, -0.2) is 0 Å². The van der Waals surface area contributed by atoms with E-state index in [1.807, 2.05) is 23.6 Å². The van der Waals surface area contributed by atoms with Gasteiger partial charge < -0.3 is 14.7 Å². The number of phenolic OH excluding ortho intramolecular Hbond substituents is 1. The molecule has 0 unspecified atom stereocenters. The summed E-state index contributed by atoms with van der Waals surface area (Å²) in [4.78, 5) is 26.7. The van der Waals surface area contributed by atoms with Crippen LogP contribution in [-0.2, 0) is 25.2 Å². The Balaban J connectivity index is 2.38. The first-order valence-corrected chi connectivity index (χ1v) is 11.1. The quantitative estimate of drug-likeness (QED) is 0.504. The van der Waals surface area contributed by atoms with Crippen LogP contribution in [0.2, 0.25) is 0 Å². The van der Waals surface area contributed by atoms with E-state index in [0.717, 1.165) is 16.7 Å². The van der Waals surface area contributed by atoms with Crippen LogP contribution >= 0.6 is 11.8 Å². The van der Waals surface area contributed by atoms with Gasteiger partial charge in [0.2, 0.25) is 0 Å². The van der Waals surface area contributed by atoms with E-state index >= 15 is 0 Å². The smallest absolute Gasteiger partial charge is 0.307 e. The summed E-state index contributed by atoms with van der Waals surface area (Å²) in [6.45, 7) is 14.7. The summed E-state index contributed by atoms with van der Waals surface area (Å²) in [5, 5.41) is 12.7. The lowest BCUT2D eigenvalue weighted by molar-refractivity contribution is -0.143. The molecule has 1 aliphatic rings. The largest absolute Gasteiger partial charge is 0.507 e. The lowest BCUT2D eigenvalue weighted by atomic mass is 9.78. The van der Waals surface area contributed by atoms with Crippen LogP contribution in [0.15, 0.2) is 28.6 Å². The number of nitrogens with zero attached hydrogens (tertiary/aromatic N) is 1. The Kier molecular flexibility index (Phi) is 7.45. The number of rotatable bonds is 5. The van der Waals surface area contributed by atoms with Gasteiger partial charge in [0.15, 0.2) is 0 Å². The van der Waals surface area contributed by atoms with E-state index in [-0.39, 0.29) is 35.7 Å². The summed E-state index contributed by atoms with van der Waals surface area (Å²) in [5.74, 6) is -0.143. The number of benzene rings is 1. The van der Waals surface area contributed by atoms with Crippen LogP contribution in [0.5, 0.6) is 5.75 Å². The number of hydrogen-bond donors (Lipinski definition) is 1. The van der Waals surface area contributed by atoms with Crippen molar-refractivity contribution in [3.63, 3.8) is 0 Å². The summed E-state index contributed by atoms with van der Waals surface area (Å²) >= 11 is 1.36. The summed E-state index contributed by atoms with van der Waals surface area (Å²) in [6, 6.07) is 3.90. The molecule has 0 saturated carbocycles. The van der Waals surface area contributed by atoms with E-state index in [1.54, 1.807) is 13.1 Å². The van der Waals surface area contributed by atoms with Crippen LogP contribution in [0.1, 0.15) is 71.6 Å². The number of amides is 1. The predicted molar refractivity (Wildman–Crippen MR) is 123 cm³/mol. The van der Waals surface area contributed by atoms with Crippen LogP contribution < -0.4 is 0 Å². The van der Waals surface area contributed by atoms with Crippen molar-refractivity contribution in [1.29, 1.82) is 0 Å². The van der Waals surface area contributed by atoms with E-state index in [1.165, 1.54) is 16.7 Å². The molecule has 1 aromatic carbocycles. The van der Waals surface area contributed by atoms with Crippen molar-refractivity contribution in [2.24, 2.45) is 0 Å². The van der Waals surface area contributed by atoms with Gasteiger partial charge in [0.25, 0.3) is 5.91 Å². The first-order valence-electron chi connectivity index (χ1n) is 10.2. The number of phenols is 1. The van der Waals surface area contributed by atoms with Gasteiger partial charge in [-0.2, -0.15) is 0 Å². The minimum absolute atomic E-state index is 0.144. The zero-order valence-corrected chi connectivity index (χ0v) is 19.9. The molecule has 1 aliphatic heterocycles. The molecule has 1 N–H and O–H groups in total. The predicted octanol–water partition coefficient (Wildman–Crippen LogP) is 5.33. The van der Waals surface area contributed by atoms with Gasteiger partial charge in [-0.3, -0.25) is 9.59 Å². The standard InChI is InChI=1S/C24H33NO4S/c1-8-29-20(26)9-10-25-11-12-30-19(22(25)28)15-16-13-17(23(2,3)4)21(27)18(14-16)24(5,6)7/h11-15,27H,8-10H2,1-7H3/b19-15-. The molecule has 0 aromatic heterocycles. The molecule has 2 rings (SSSR count). The summed E-state index contributed by atoms with van der Waals surface area (Å²) in [7, 11) is 0. The average Bonchev–Trinajstić information content (AvgIpc) is 2.62. The maximum atomic E-state index is 12.9. The first kappa shape index (κ1) is 24.1. The summed E-state index contributed by atoms with van der Waals surface area (Å²) < 4.78 is 4.95. The molecule has 1 amide bonds. The van der Waals surface area contributed by atoms with E-state index in [9.17, 15) is 14.7 Å². The first-order chi connectivity index (χ1) is 13.8. The Bertz CT molecular complexity index is 837. The van der Waals surface area contributed by atoms with Crippen molar-refractivity contribution < 1.29 is 19.4 Å². The van der Waals surface area contributed by atoms with Crippen molar-refractivity contribution in [3.8, 4) is 5.75 Å². The van der Waals surface area contributed by atoms with Gasteiger partial charge >= 0.3 is 5.97 Å². The number of esters is 1. The molecule has 0 atom stereocenters. The normalized spacial score (nSPS) is 16.3. The monoisotopic (exact) mass is 431 g/mol. The van der Waals surface area contributed by atoms with Crippen LogP contribution in [0.3, 0.4) is 0 Å². The van der Waals surface area contributed by atoms with Gasteiger partial charge in [-0.05, 0) is 46.9 Å². The van der Waals surface area contributed by atoms with E-state index in [4.69, 9.17) is 4.74 Å². The molecule has 0 aliphatic carbocycles. The van der Waals surface area contributed by atoms with Gasteiger partial charge in [0, 0.05) is 23.9 Å². The molecule has 0 fully saturated rings. The van der Waals surface area contributed by atoms with Crippen LogP contribution in [0.4, 0.5) is 0 Å². The van der Waals surface area contributed by atoms with Crippen molar-refractivity contribution >= 4 is 29.7 Å². The Hall–Kier alpha value is -2.21. The second-order valence-corrected chi connectivity index (χ2v) is 10.4. The van der Waals surface area contributed by atoms with Gasteiger partial charge in [0.1, 0.15) is 5.75 Å². The highest BCUT2D eigenvalue weighted by Crippen LogP contribution is 2.40. The van der Waals surface area contributed by atoms with Crippen molar-refractivity contribution in [3.05, 3.63) is 45.3 Å². The third-order valence-corrected chi connectivity index (χ3v) is 5.62. The highest BCUT2D eigenvalue weighted by molar-refractivity contribution is 8.06. The maximum Gasteiger partial charge on any atom is 0.307 e. The van der Waals surface area contributed by atoms with E-state index in [2.05, 4.69) is 41.5 Å². The molecule has 1 heterocycles. The fraction of sp³-hybridized carbons (Fsp3) is 0.500. The summed E-state index contributed by atoms with van der Waals surface area (Å²) in [6.07, 6.45) is 3.71. The van der Waals surface area contributed by atoms with Gasteiger partial charge in [-0.1, -0.05) is 53.3 Å². The Labute approximate surface area is 184 Å². The highest BCUT2D eigenvalue weighted by Gasteiger charge is 2.27. The molecule has 0 bridgehead atoms. The number of hydrogen-bond acceptors (Lipinski definition) is 5. The molecule has 164 valence electrons. The number of aromatic hydroxyl groups is 1. The highest BCUT2D eigenvalue weighted by atomic mass is 32.2. The lowest BCUT2D eigenvalue weighted by Crippen LogP contribution is -2.30. The lowest BCUT2D eigenvalue weighted by Gasteiger charge is -2.28. The van der Waals surface area contributed by atoms with E-state index in [0.29, 0.717) is 17.3 Å². The number of carbonyl (C=O) groups is 2.